The number of hydrogen-bond acceptors (Lipinski definition) is 3. The molecule has 0 radical (unpaired) electrons. The molecule has 0 aliphatic rings. The second-order valence-corrected chi connectivity index (χ2v) is 3.78. The molecule has 0 aliphatic heterocycles. The second kappa shape index (κ2) is 5.50. The highest BCUT2D eigenvalue weighted by atomic mass is 35.5. The zero-order chi connectivity index (χ0) is 12.1. The Morgan fingerprint density at radius 1 is 1.35 bits per heavy atom. The molecule has 5 heteroatoms. The van der Waals surface area contributed by atoms with Gasteiger partial charge in [0.25, 0.3) is 5.91 Å². The summed E-state index contributed by atoms with van der Waals surface area (Å²) in [7, 11) is 0. The molecule has 1 aromatic carbocycles. The van der Waals surface area contributed by atoms with Crippen molar-refractivity contribution in [3.8, 4) is 0 Å². The molecule has 1 aromatic heterocycles. The lowest BCUT2D eigenvalue weighted by molar-refractivity contribution is 0.0931. The van der Waals surface area contributed by atoms with E-state index < -0.39 is 0 Å². The molecule has 1 heterocycles. The van der Waals surface area contributed by atoms with Crippen molar-refractivity contribution in [2.45, 2.75) is 6.04 Å². The first-order valence-corrected chi connectivity index (χ1v) is 5.67. The van der Waals surface area contributed by atoms with Crippen LogP contribution in [0.4, 0.5) is 0 Å². The summed E-state index contributed by atoms with van der Waals surface area (Å²) < 4.78 is 4.61. The van der Waals surface area contributed by atoms with E-state index in [0.717, 1.165) is 5.56 Å². The number of halogens is 1. The van der Waals surface area contributed by atoms with Crippen molar-refractivity contribution in [2.75, 3.05) is 5.88 Å². The molecular weight excluding hydrogens is 240 g/mol. The minimum atomic E-state index is -0.298. The van der Waals surface area contributed by atoms with E-state index in [2.05, 4.69) is 15.0 Å². The maximum atomic E-state index is 11.8. The van der Waals surface area contributed by atoms with Gasteiger partial charge < -0.3 is 9.84 Å². The van der Waals surface area contributed by atoms with Crippen LogP contribution in [0, 0.1) is 0 Å². The van der Waals surface area contributed by atoms with Gasteiger partial charge in [-0.15, -0.1) is 11.6 Å². The van der Waals surface area contributed by atoms with E-state index in [1.807, 2.05) is 30.3 Å². The first-order chi connectivity index (χ1) is 8.31. The second-order valence-electron chi connectivity index (χ2n) is 3.48. The first-order valence-electron chi connectivity index (χ1n) is 5.13. The van der Waals surface area contributed by atoms with Crippen LogP contribution in [0.15, 0.2) is 47.2 Å². The molecule has 2 aromatic rings. The van der Waals surface area contributed by atoms with Gasteiger partial charge in [0.2, 0.25) is 0 Å². The number of rotatable bonds is 4. The van der Waals surface area contributed by atoms with Crippen LogP contribution in [-0.2, 0) is 0 Å². The minimum absolute atomic E-state index is 0.234. The predicted molar refractivity (Wildman–Crippen MR) is 63.9 cm³/mol. The van der Waals surface area contributed by atoms with Gasteiger partial charge in [-0.1, -0.05) is 35.5 Å². The minimum Gasteiger partial charge on any atom is -0.364 e. The predicted octanol–water partition coefficient (Wildman–Crippen LogP) is 2.38. The molecular formula is C12H11ClN2O2. The number of aromatic nitrogens is 1. The molecule has 17 heavy (non-hydrogen) atoms. The van der Waals surface area contributed by atoms with E-state index in [-0.39, 0.29) is 17.6 Å². The fraction of sp³-hybridized carbons (Fsp3) is 0.167. The van der Waals surface area contributed by atoms with Crippen molar-refractivity contribution in [3.05, 3.63) is 53.9 Å². The Morgan fingerprint density at radius 3 is 2.71 bits per heavy atom. The van der Waals surface area contributed by atoms with Gasteiger partial charge in [0, 0.05) is 11.9 Å². The average Bonchev–Trinajstić information content (AvgIpc) is 2.90. The highest BCUT2D eigenvalue weighted by Crippen LogP contribution is 2.14. The smallest absolute Gasteiger partial charge is 0.273 e. The largest absolute Gasteiger partial charge is 0.364 e. The van der Waals surface area contributed by atoms with Crippen LogP contribution in [-0.4, -0.2) is 16.9 Å². The van der Waals surface area contributed by atoms with Gasteiger partial charge in [0.05, 0.1) is 6.04 Å². The maximum absolute atomic E-state index is 11.8. The molecule has 1 unspecified atom stereocenters. The van der Waals surface area contributed by atoms with Gasteiger partial charge in [0.1, 0.15) is 6.26 Å². The van der Waals surface area contributed by atoms with Gasteiger partial charge >= 0.3 is 0 Å². The zero-order valence-corrected chi connectivity index (χ0v) is 9.72. The third-order valence-corrected chi connectivity index (χ3v) is 2.64. The van der Waals surface area contributed by atoms with E-state index in [4.69, 9.17) is 11.6 Å². The van der Waals surface area contributed by atoms with Crippen LogP contribution in [0.1, 0.15) is 22.1 Å². The third kappa shape index (κ3) is 2.85. The summed E-state index contributed by atoms with van der Waals surface area (Å²) in [5.41, 5.74) is 1.20. The van der Waals surface area contributed by atoms with Crippen LogP contribution in [0.2, 0.25) is 0 Å². The Bertz CT molecular complexity index is 471. The van der Waals surface area contributed by atoms with Crippen molar-refractivity contribution in [2.24, 2.45) is 0 Å². The van der Waals surface area contributed by atoms with Gasteiger partial charge in [-0.25, -0.2) is 0 Å². The summed E-state index contributed by atoms with van der Waals surface area (Å²) in [6.07, 6.45) is 1.35. The summed E-state index contributed by atoms with van der Waals surface area (Å²) in [6, 6.07) is 10.8. The Hall–Kier alpha value is -1.81. The molecule has 1 atom stereocenters. The molecule has 0 bridgehead atoms. The normalized spacial score (nSPS) is 12.1. The maximum Gasteiger partial charge on any atom is 0.273 e. The van der Waals surface area contributed by atoms with E-state index in [9.17, 15) is 4.79 Å². The van der Waals surface area contributed by atoms with Crippen LogP contribution in [0.25, 0.3) is 0 Å². The molecule has 2 rings (SSSR count). The van der Waals surface area contributed by atoms with Crippen LogP contribution in [0.3, 0.4) is 0 Å². The van der Waals surface area contributed by atoms with Gasteiger partial charge in [0.15, 0.2) is 5.69 Å². The SMILES string of the molecule is O=C(NC(CCl)c1ccccc1)c1ccon1. The molecule has 0 aliphatic carbocycles. The van der Waals surface area contributed by atoms with Crippen LogP contribution >= 0.6 is 11.6 Å². The first kappa shape index (κ1) is 11.7. The Morgan fingerprint density at radius 2 is 2.12 bits per heavy atom. The lowest BCUT2D eigenvalue weighted by Crippen LogP contribution is -2.29. The topological polar surface area (TPSA) is 55.1 Å². The summed E-state index contributed by atoms with van der Waals surface area (Å²) in [4.78, 5) is 11.8. The van der Waals surface area contributed by atoms with Crippen LogP contribution in [0.5, 0.6) is 0 Å². The van der Waals surface area contributed by atoms with E-state index >= 15 is 0 Å². The number of alkyl halides is 1. The van der Waals surface area contributed by atoms with Crippen molar-refractivity contribution < 1.29 is 9.32 Å². The number of amides is 1. The van der Waals surface area contributed by atoms with E-state index in [1.54, 1.807) is 0 Å². The fourth-order valence-electron chi connectivity index (χ4n) is 1.46. The number of carbonyl (C=O) groups is 1. The van der Waals surface area contributed by atoms with Gasteiger partial charge in [-0.05, 0) is 5.56 Å². The highest BCUT2D eigenvalue weighted by Gasteiger charge is 2.16. The molecule has 0 fully saturated rings. The molecule has 0 saturated heterocycles. The summed E-state index contributed by atoms with van der Waals surface area (Å²) in [5.74, 6) is 0.00130. The lowest BCUT2D eigenvalue weighted by atomic mass is 10.1. The quantitative estimate of drug-likeness (QED) is 0.848. The Labute approximate surface area is 104 Å². The molecule has 1 N–H and O–H groups in total. The summed E-state index contributed by atoms with van der Waals surface area (Å²) in [5, 5.41) is 6.36. The van der Waals surface area contributed by atoms with Gasteiger partial charge in [-0.3, -0.25) is 4.79 Å². The monoisotopic (exact) mass is 250 g/mol. The number of nitrogens with one attached hydrogen (secondary N) is 1. The molecule has 1 amide bonds. The number of carbonyl (C=O) groups excluding carboxylic acids is 1. The molecule has 0 spiro atoms. The van der Waals surface area contributed by atoms with Crippen molar-refractivity contribution in [1.82, 2.24) is 10.5 Å². The third-order valence-electron chi connectivity index (χ3n) is 2.33. The Balaban J connectivity index is 2.09. The van der Waals surface area contributed by atoms with E-state index in [1.165, 1.54) is 12.3 Å². The zero-order valence-electron chi connectivity index (χ0n) is 8.97. The van der Waals surface area contributed by atoms with E-state index in [0.29, 0.717) is 5.88 Å². The van der Waals surface area contributed by atoms with Crippen molar-refractivity contribution in [1.29, 1.82) is 0 Å². The Kier molecular flexibility index (Phi) is 3.77. The molecule has 4 nitrogen and oxygen atoms in total. The van der Waals surface area contributed by atoms with Crippen molar-refractivity contribution >= 4 is 17.5 Å². The average molecular weight is 251 g/mol. The highest BCUT2D eigenvalue weighted by molar-refractivity contribution is 6.18. The number of hydrogen-bond donors (Lipinski definition) is 1. The standard InChI is InChI=1S/C12H11ClN2O2/c13-8-11(9-4-2-1-3-5-9)14-12(16)10-6-7-17-15-10/h1-7,11H,8H2,(H,14,16). The fourth-order valence-corrected chi connectivity index (χ4v) is 1.71. The number of benzene rings is 1. The van der Waals surface area contributed by atoms with Crippen molar-refractivity contribution in [3.63, 3.8) is 0 Å². The van der Waals surface area contributed by atoms with Gasteiger partial charge in [-0.2, -0.15) is 0 Å². The van der Waals surface area contributed by atoms with Crippen LogP contribution < -0.4 is 5.32 Å². The molecule has 88 valence electrons. The summed E-state index contributed by atoms with van der Waals surface area (Å²) in [6.45, 7) is 0. The number of nitrogens with zero attached hydrogens (tertiary/aromatic N) is 1. The molecule has 0 saturated carbocycles. The summed E-state index contributed by atoms with van der Waals surface area (Å²) >= 11 is 5.85. The lowest BCUT2D eigenvalue weighted by Gasteiger charge is -2.15.